The Morgan fingerprint density at radius 2 is 1.83 bits per heavy atom. The van der Waals surface area contributed by atoms with Crippen molar-refractivity contribution in [3.63, 3.8) is 0 Å². The highest BCUT2D eigenvalue weighted by atomic mass is 79.9. The van der Waals surface area contributed by atoms with Crippen molar-refractivity contribution in [1.29, 1.82) is 0 Å². The number of hydrogen-bond donors (Lipinski definition) is 1. The second-order valence-corrected chi connectivity index (χ2v) is 4.90. The van der Waals surface area contributed by atoms with Crippen LogP contribution in [0.4, 0.5) is 17.1 Å². The molecule has 0 fully saturated rings. The lowest BCUT2D eigenvalue weighted by Gasteiger charge is -2.07. The fourth-order valence-electron chi connectivity index (χ4n) is 1.45. The fraction of sp³-hybridized carbons (Fsp3) is 0. The van der Waals surface area contributed by atoms with Gasteiger partial charge in [0.25, 0.3) is 5.69 Å². The summed E-state index contributed by atoms with van der Waals surface area (Å²) in [5.74, 6) is 0. The van der Waals surface area contributed by atoms with E-state index in [2.05, 4.69) is 21.2 Å². The minimum Gasteiger partial charge on any atom is -0.350 e. The maximum atomic E-state index is 10.9. The Kier molecular flexibility index (Phi) is 3.84. The van der Waals surface area contributed by atoms with Crippen LogP contribution in [0.2, 0.25) is 5.02 Å². The summed E-state index contributed by atoms with van der Waals surface area (Å²) in [5, 5.41) is 14.5. The first-order chi connectivity index (χ1) is 8.56. The van der Waals surface area contributed by atoms with Gasteiger partial charge in [-0.25, -0.2) is 0 Å². The van der Waals surface area contributed by atoms with Gasteiger partial charge in [0.1, 0.15) is 5.69 Å². The lowest BCUT2D eigenvalue weighted by atomic mass is 10.2. The number of hydrogen-bond acceptors (Lipinski definition) is 3. The summed E-state index contributed by atoms with van der Waals surface area (Å²) >= 11 is 8.98. The molecule has 0 saturated carbocycles. The Bertz CT molecular complexity index is 587. The van der Waals surface area contributed by atoms with Gasteiger partial charge in [-0.3, -0.25) is 10.1 Å². The summed E-state index contributed by atoms with van der Waals surface area (Å²) in [6, 6.07) is 11.8. The van der Waals surface area contributed by atoms with Crippen molar-refractivity contribution < 1.29 is 4.92 Å². The van der Waals surface area contributed by atoms with Crippen molar-refractivity contribution in [2.75, 3.05) is 5.32 Å². The molecule has 2 aromatic carbocycles. The van der Waals surface area contributed by atoms with Crippen molar-refractivity contribution in [3.8, 4) is 0 Å². The Labute approximate surface area is 117 Å². The molecule has 0 spiro atoms. The standard InChI is InChI=1S/C12H8BrClN2O2/c13-8-1-6-11(12(7-8)16(17)18)15-10-4-2-9(14)3-5-10/h1-7,15H. The number of benzene rings is 2. The Morgan fingerprint density at radius 3 is 2.44 bits per heavy atom. The Balaban J connectivity index is 2.34. The quantitative estimate of drug-likeness (QED) is 0.653. The highest BCUT2D eigenvalue weighted by molar-refractivity contribution is 9.10. The first-order valence-electron chi connectivity index (χ1n) is 5.03. The molecule has 0 atom stereocenters. The van der Waals surface area contributed by atoms with Gasteiger partial charge in [0.2, 0.25) is 0 Å². The van der Waals surface area contributed by atoms with Gasteiger partial charge in [-0.2, -0.15) is 0 Å². The van der Waals surface area contributed by atoms with Crippen LogP contribution in [0.5, 0.6) is 0 Å². The zero-order valence-electron chi connectivity index (χ0n) is 9.06. The molecule has 92 valence electrons. The van der Waals surface area contributed by atoms with E-state index in [-0.39, 0.29) is 5.69 Å². The molecule has 4 nitrogen and oxygen atoms in total. The van der Waals surface area contributed by atoms with Crippen LogP contribution in [0.15, 0.2) is 46.9 Å². The normalized spacial score (nSPS) is 10.1. The Morgan fingerprint density at radius 1 is 1.17 bits per heavy atom. The first kappa shape index (κ1) is 12.9. The Hall–Kier alpha value is -1.59. The lowest BCUT2D eigenvalue weighted by molar-refractivity contribution is -0.384. The van der Waals surface area contributed by atoms with Crippen molar-refractivity contribution >= 4 is 44.6 Å². The minimum absolute atomic E-state index is 0.0133. The maximum Gasteiger partial charge on any atom is 0.293 e. The van der Waals surface area contributed by atoms with Gasteiger partial charge in [-0.1, -0.05) is 27.5 Å². The average molecular weight is 328 g/mol. The van der Waals surface area contributed by atoms with E-state index in [0.29, 0.717) is 15.2 Å². The predicted molar refractivity (Wildman–Crippen MR) is 75.5 cm³/mol. The van der Waals surface area contributed by atoms with E-state index in [9.17, 15) is 10.1 Å². The number of rotatable bonds is 3. The largest absolute Gasteiger partial charge is 0.350 e. The minimum atomic E-state index is -0.428. The molecule has 0 unspecified atom stereocenters. The molecule has 6 heteroatoms. The second-order valence-electron chi connectivity index (χ2n) is 3.55. The third-order valence-corrected chi connectivity index (χ3v) is 3.02. The topological polar surface area (TPSA) is 55.2 Å². The van der Waals surface area contributed by atoms with Crippen LogP contribution in [0.1, 0.15) is 0 Å². The molecule has 0 bridgehead atoms. The van der Waals surface area contributed by atoms with Gasteiger partial charge in [-0.15, -0.1) is 0 Å². The molecule has 2 rings (SSSR count). The summed E-state index contributed by atoms with van der Waals surface area (Å²) in [7, 11) is 0. The number of nitrogens with zero attached hydrogens (tertiary/aromatic N) is 1. The van der Waals surface area contributed by atoms with Crippen molar-refractivity contribution in [1.82, 2.24) is 0 Å². The van der Waals surface area contributed by atoms with Crippen LogP contribution in [-0.4, -0.2) is 4.92 Å². The molecule has 0 radical (unpaired) electrons. The van der Waals surface area contributed by atoms with E-state index in [1.54, 1.807) is 36.4 Å². The fourth-order valence-corrected chi connectivity index (χ4v) is 1.93. The van der Waals surface area contributed by atoms with Gasteiger partial charge in [0, 0.05) is 21.2 Å². The van der Waals surface area contributed by atoms with Crippen LogP contribution in [0, 0.1) is 10.1 Å². The molecule has 0 aliphatic carbocycles. The number of halogens is 2. The molecule has 0 amide bonds. The van der Waals surface area contributed by atoms with Gasteiger partial charge >= 0.3 is 0 Å². The summed E-state index contributed by atoms with van der Waals surface area (Å²) in [6.45, 7) is 0. The van der Waals surface area contributed by atoms with E-state index in [4.69, 9.17) is 11.6 Å². The van der Waals surface area contributed by atoms with E-state index in [1.807, 2.05) is 0 Å². The summed E-state index contributed by atoms with van der Waals surface area (Å²) in [5.41, 5.74) is 1.19. The van der Waals surface area contributed by atoms with Gasteiger partial charge in [0.05, 0.1) is 4.92 Å². The zero-order chi connectivity index (χ0) is 13.1. The summed E-state index contributed by atoms with van der Waals surface area (Å²) < 4.78 is 0.663. The molecule has 0 saturated heterocycles. The molecule has 1 N–H and O–H groups in total. The van der Waals surface area contributed by atoms with Crippen molar-refractivity contribution in [3.05, 3.63) is 62.1 Å². The highest BCUT2D eigenvalue weighted by Gasteiger charge is 2.14. The summed E-state index contributed by atoms with van der Waals surface area (Å²) in [6.07, 6.45) is 0. The third-order valence-electron chi connectivity index (χ3n) is 2.28. The highest BCUT2D eigenvalue weighted by Crippen LogP contribution is 2.30. The first-order valence-corrected chi connectivity index (χ1v) is 6.20. The molecule has 0 aliphatic heterocycles. The molecular formula is C12H8BrClN2O2. The van der Waals surface area contributed by atoms with Gasteiger partial charge in [-0.05, 0) is 36.4 Å². The van der Waals surface area contributed by atoms with E-state index >= 15 is 0 Å². The van der Waals surface area contributed by atoms with Crippen LogP contribution in [0.3, 0.4) is 0 Å². The maximum absolute atomic E-state index is 10.9. The van der Waals surface area contributed by atoms with Crippen molar-refractivity contribution in [2.45, 2.75) is 0 Å². The molecule has 0 aliphatic rings. The number of nitrogens with one attached hydrogen (secondary N) is 1. The van der Waals surface area contributed by atoms with Crippen LogP contribution >= 0.6 is 27.5 Å². The molecule has 0 aromatic heterocycles. The van der Waals surface area contributed by atoms with E-state index < -0.39 is 4.92 Å². The SMILES string of the molecule is O=[N+]([O-])c1cc(Br)ccc1Nc1ccc(Cl)cc1. The second kappa shape index (κ2) is 5.37. The molecular weight excluding hydrogens is 320 g/mol. The van der Waals surface area contributed by atoms with E-state index in [0.717, 1.165) is 5.69 Å². The predicted octanol–water partition coefficient (Wildman–Crippen LogP) is 4.75. The van der Waals surface area contributed by atoms with Gasteiger partial charge in [0.15, 0.2) is 0 Å². The monoisotopic (exact) mass is 326 g/mol. The smallest absolute Gasteiger partial charge is 0.293 e. The van der Waals surface area contributed by atoms with Gasteiger partial charge < -0.3 is 5.32 Å². The average Bonchev–Trinajstić information content (AvgIpc) is 2.34. The number of nitro groups is 1. The number of nitro benzene ring substituents is 1. The molecule has 0 heterocycles. The van der Waals surface area contributed by atoms with Crippen LogP contribution < -0.4 is 5.32 Å². The van der Waals surface area contributed by atoms with E-state index in [1.165, 1.54) is 6.07 Å². The third kappa shape index (κ3) is 3.00. The zero-order valence-corrected chi connectivity index (χ0v) is 11.4. The lowest BCUT2D eigenvalue weighted by Crippen LogP contribution is -1.96. The van der Waals surface area contributed by atoms with Crippen LogP contribution in [0.25, 0.3) is 0 Å². The number of anilines is 2. The molecule has 2 aromatic rings. The summed E-state index contributed by atoms with van der Waals surface area (Å²) in [4.78, 5) is 10.5. The van der Waals surface area contributed by atoms with Crippen molar-refractivity contribution in [2.24, 2.45) is 0 Å². The molecule has 18 heavy (non-hydrogen) atoms. The van der Waals surface area contributed by atoms with Crippen LogP contribution in [-0.2, 0) is 0 Å².